The Morgan fingerprint density at radius 1 is 1.28 bits per heavy atom. The second kappa shape index (κ2) is 7.32. The van der Waals surface area contributed by atoms with Crippen LogP contribution in [0.4, 0.5) is 5.69 Å². The lowest BCUT2D eigenvalue weighted by Crippen LogP contribution is -2.17. The molecule has 0 unspecified atom stereocenters. The van der Waals surface area contributed by atoms with Crippen LogP contribution in [-0.2, 0) is 9.53 Å². The first-order chi connectivity index (χ1) is 8.63. The van der Waals surface area contributed by atoms with Gasteiger partial charge in [0.2, 0.25) is 5.91 Å². The predicted molar refractivity (Wildman–Crippen MR) is 69.3 cm³/mol. The van der Waals surface area contributed by atoms with Gasteiger partial charge < -0.3 is 15.8 Å². The van der Waals surface area contributed by atoms with Crippen molar-refractivity contribution in [3.8, 4) is 0 Å². The Morgan fingerprint density at radius 3 is 2.50 bits per heavy atom. The van der Waals surface area contributed by atoms with Gasteiger partial charge in [-0.25, -0.2) is 0 Å². The predicted octanol–water partition coefficient (Wildman–Crippen LogP) is 1.54. The summed E-state index contributed by atoms with van der Waals surface area (Å²) in [5.74, 6) is -0.761. The lowest BCUT2D eigenvalue weighted by molar-refractivity contribution is -0.141. The van der Waals surface area contributed by atoms with Crippen LogP contribution < -0.4 is 11.1 Å². The van der Waals surface area contributed by atoms with Crippen molar-refractivity contribution in [2.45, 2.75) is 19.8 Å². The van der Waals surface area contributed by atoms with E-state index in [4.69, 9.17) is 10.5 Å². The van der Waals surface area contributed by atoms with E-state index >= 15 is 0 Å². The first kappa shape index (κ1) is 14.0. The third-order valence-electron chi connectivity index (χ3n) is 2.37. The van der Waals surface area contributed by atoms with Gasteiger partial charge in [-0.15, -0.1) is 0 Å². The van der Waals surface area contributed by atoms with Gasteiger partial charge >= 0.3 is 5.97 Å². The van der Waals surface area contributed by atoms with Crippen LogP contribution >= 0.6 is 0 Å². The SMILES string of the molecule is CCCCOC(=O)CNc1ccc(C(N)=O)cc1. The van der Waals surface area contributed by atoms with Crippen LogP contribution in [0.15, 0.2) is 24.3 Å². The largest absolute Gasteiger partial charge is 0.464 e. The van der Waals surface area contributed by atoms with E-state index in [1.165, 1.54) is 0 Å². The second-order valence-corrected chi connectivity index (χ2v) is 3.87. The van der Waals surface area contributed by atoms with Gasteiger partial charge in [0.25, 0.3) is 0 Å². The number of esters is 1. The molecule has 0 spiro atoms. The fourth-order valence-electron chi connectivity index (χ4n) is 1.31. The number of nitrogens with two attached hydrogens (primary N) is 1. The minimum atomic E-state index is -0.472. The standard InChI is InChI=1S/C13H18N2O3/c1-2-3-8-18-12(16)9-15-11-6-4-10(5-7-11)13(14)17/h4-7,15H,2-3,8-9H2,1H3,(H2,14,17). The molecule has 5 heteroatoms. The van der Waals surface area contributed by atoms with Crippen LogP contribution in [0.3, 0.4) is 0 Å². The highest BCUT2D eigenvalue weighted by atomic mass is 16.5. The van der Waals surface area contributed by atoms with E-state index in [1.807, 2.05) is 6.92 Å². The third-order valence-corrected chi connectivity index (χ3v) is 2.37. The zero-order valence-electron chi connectivity index (χ0n) is 10.4. The number of rotatable bonds is 7. The van der Waals surface area contributed by atoms with Crippen LogP contribution in [0.5, 0.6) is 0 Å². The molecule has 0 saturated carbocycles. The first-order valence-corrected chi connectivity index (χ1v) is 5.93. The maximum atomic E-state index is 11.3. The molecule has 1 amide bonds. The molecule has 0 aromatic heterocycles. The van der Waals surface area contributed by atoms with Gasteiger partial charge in [0.1, 0.15) is 6.54 Å². The monoisotopic (exact) mass is 250 g/mol. The van der Waals surface area contributed by atoms with E-state index < -0.39 is 5.91 Å². The van der Waals surface area contributed by atoms with Gasteiger partial charge in [-0.3, -0.25) is 9.59 Å². The molecule has 0 radical (unpaired) electrons. The summed E-state index contributed by atoms with van der Waals surface area (Å²) in [6, 6.07) is 6.60. The van der Waals surface area contributed by atoms with Gasteiger partial charge in [-0.05, 0) is 30.7 Å². The Bertz CT molecular complexity index is 401. The molecule has 18 heavy (non-hydrogen) atoms. The number of carbonyl (C=O) groups is 2. The fraction of sp³-hybridized carbons (Fsp3) is 0.385. The normalized spacial score (nSPS) is 9.83. The van der Waals surface area contributed by atoms with E-state index in [2.05, 4.69) is 5.32 Å². The molecule has 0 heterocycles. The number of primary amides is 1. The van der Waals surface area contributed by atoms with E-state index in [0.717, 1.165) is 18.5 Å². The number of carbonyl (C=O) groups excluding carboxylic acids is 2. The molecule has 0 aliphatic heterocycles. The maximum absolute atomic E-state index is 11.3. The average molecular weight is 250 g/mol. The molecule has 0 atom stereocenters. The molecule has 3 N–H and O–H groups in total. The summed E-state index contributed by atoms with van der Waals surface area (Å²) < 4.78 is 4.99. The van der Waals surface area contributed by atoms with E-state index in [9.17, 15) is 9.59 Å². The molecular weight excluding hydrogens is 232 g/mol. The Kier molecular flexibility index (Phi) is 5.70. The Morgan fingerprint density at radius 2 is 1.94 bits per heavy atom. The van der Waals surface area contributed by atoms with E-state index in [-0.39, 0.29) is 12.5 Å². The summed E-state index contributed by atoms with van der Waals surface area (Å²) in [6.07, 6.45) is 1.87. The molecule has 0 bridgehead atoms. The van der Waals surface area contributed by atoms with Crippen LogP contribution in [0.1, 0.15) is 30.1 Å². The minimum absolute atomic E-state index is 0.111. The number of unbranched alkanes of at least 4 members (excludes halogenated alkanes) is 1. The number of hydrogen-bond donors (Lipinski definition) is 2. The fourth-order valence-corrected chi connectivity index (χ4v) is 1.31. The summed E-state index contributed by atoms with van der Waals surface area (Å²) in [4.78, 5) is 22.2. The van der Waals surface area contributed by atoms with E-state index in [1.54, 1.807) is 24.3 Å². The first-order valence-electron chi connectivity index (χ1n) is 5.93. The maximum Gasteiger partial charge on any atom is 0.325 e. The molecule has 0 aliphatic carbocycles. The van der Waals surface area contributed by atoms with Crippen molar-refractivity contribution >= 4 is 17.6 Å². The van der Waals surface area contributed by atoms with Crippen molar-refractivity contribution in [3.63, 3.8) is 0 Å². The quantitative estimate of drug-likeness (QED) is 0.568. The van der Waals surface area contributed by atoms with Crippen molar-refractivity contribution in [1.82, 2.24) is 0 Å². The van der Waals surface area contributed by atoms with Gasteiger partial charge in [-0.1, -0.05) is 13.3 Å². The summed E-state index contributed by atoms with van der Waals surface area (Å²) >= 11 is 0. The Labute approximate surface area is 106 Å². The molecule has 1 rings (SSSR count). The number of ether oxygens (including phenoxy) is 1. The molecule has 0 aliphatic rings. The third kappa shape index (κ3) is 4.86. The van der Waals surface area contributed by atoms with E-state index in [0.29, 0.717) is 12.2 Å². The summed E-state index contributed by atoms with van der Waals surface area (Å²) in [5.41, 5.74) is 6.30. The van der Waals surface area contributed by atoms with Crippen molar-refractivity contribution < 1.29 is 14.3 Å². The zero-order valence-corrected chi connectivity index (χ0v) is 10.4. The Hall–Kier alpha value is -2.04. The van der Waals surface area contributed by atoms with Gasteiger partial charge in [0.15, 0.2) is 0 Å². The van der Waals surface area contributed by atoms with Crippen LogP contribution in [0.25, 0.3) is 0 Å². The highest BCUT2D eigenvalue weighted by Crippen LogP contribution is 2.08. The topological polar surface area (TPSA) is 81.4 Å². The van der Waals surface area contributed by atoms with Gasteiger partial charge in [0.05, 0.1) is 6.61 Å². The minimum Gasteiger partial charge on any atom is -0.464 e. The van der Waals surface area contributed by atoms with Crippen molar-refractivity contribution in [2.75, 3.05) is 18.5 Å². The number of anilines is 1. The van der Waals surface area contributed by atoms with Crippen molar-refractivity contribution in [3.05, 3.63) is 29.8 Å². The molecule has 1 aromatic carbocycles. The van der Waals surface area contributed by atoms with Gasteiger partial charge in [-0.2, -0.15) is 0 Å². The van der Waals surface area contributed by atoms with Crippen LogP contribution in [0, 0.1) is 0 Å². The number of hydrogen-bond acceptors (Lipinski definition) is 4. The number of amides is 1. The summed E-state index contributed by atoms with van der Waals surface area (Å²) in [7, 11) is 0. The lowest BCUT2D eigenvalue weighted by atomic mass is 10.2. The van der Waals surface area contributed by atoms with Crippen molar-refractivity contribution in [2.24, 2.45) is 5.73 Å². The highest BCUT2D eigenvalue weighted by Gasteiger charge is 2.03. The number of benzene rings is 1. The van der Waals surface area contributed by atoms with Crippen LogP contribution in [0.2, 0.25) is 0 Å². The zero-order chi connectivity index (χ0) is 13.4. The molecule has 1 aromatic rings. The number of nitrogens with one attached hydrogen (secondary N) is 1. The lowest BCUT2D eigenvalue weighted by Gasteiger charge is -2.07. The molecule has 98 valence electrons. The molecule has 5 nitrogen and oxygen atoms in total. The summed E-state index contributed by atoms with van der Waals surface area (Å²) in [5, 5.41) is 2.91. The van der Waals surface area contributed by atoms with Gasteiger partial charge in [0, 0.05) is 11.3 Å². The summed E-state index contributed by atoms with van der Waals surface area (Å²) in [6.45, 7) is 2.60. The smallest absolute Gasteiger partial charge is 0.325 e. The molecule has 0 fully saturated rings. The highest BCUT2D eigenvalue weighted by molar-refractivity contribution is 5.93. The Balaban J connectivity index is 2.34. The average Bonchev–Trinajstić information content (AvgIpc) is 2.37. The second-order valence-electron chi connectivity index (χ2n) is 3.87. The molecular formula is C13H18N2O3. The van der Waals surface area contributed by atoms with Crippen LogP contribution in [-0.4, -0.2) is 25.0 Å². The molecule has 0 saturated heterocycles. The van der Waals surface area contributed by atoms with Crippen molar-refractivity contribution in [1.29, 1.82) is 0 Å².